The molecule has 3 saturated carbocycles. The summed E-state index contributed by atoms with van der Waals surface area (Å²) in [6.07, 6.45) is 2.15. The van der Waals surface area contributed by atoms with Crippen LogP contribution in [0, 0.1) is 22.7 Å². The van der Waals surface area contributed by atoms with Gasteiger partial charge >= 0.3 is 0 Å². The third-order valence-electron chi connectivity index (χ3n) is 14.9. The van der Waals surface area contributed by atoms with E-state index in [0.29, 0.717) is 23.2 Å². The van der Waals surface area contributed by atoms with Gasteiger partial charge in [0.2, 0.25) is 17.7 Å². The molecule has 2 aromatic rings. The Bertz CT molecular complexity index is 2420. The summed E-state index contributed by atoms with van der Waals surface area (Å²) < 4.78 is 47.0. The number of ether oxygens (including phenoxy) is 2. The number of benzene rings is 2. The molecular formula is C49H54F2N4O10. The molecule has 16 heteroatoms. The van der Waals surface area contributed by atoms with Crippen LogP contribution in [0.1, 0.15) is 76.4 Å². The SMILES string of the molecule is C=C1C=C[C@@]2(C)C(=C1)[C@@H](F)C[C@H]1[C@@H]3C[C@H]4O[C@@H](c5ccc(Cc6cccc(NC(=O)[C@H](C)NC(=O)[C@H](C)NC(=O)CCN7C(=O)C=CC7=O)c6)cc5)O[C@@]4(C(=O)CO)[C@@]3(C)C[C@H](O)[C@@]12F. The van der Waals surface area contributed by atoms with Gasteiger partial charge in [-0.2, -0.15) is 0 Å². The zero-order chi connectivity index (χ0) is 46.8. The van der Waals surface area contributed by atoms with E-state index >= 15 is 8.78 Å². The Balaban J connectivity index is 0.887. The summed E-state index contributed by atoms with van der Waals surface area (Å²) in [5.74, 6) is -4.90. The van der Waals surface area contributed by atoms with Crippen LogP contribution in [-0.2, 0) is 44.7 Å². The maximum atomic E-state index is 17.8. The molecule has 65 heavy (non-hydrogen) atoms. The summed E-state index contributed by atoms with van der Waals surface area (Å²) in [5, 5.41) is 30.1. The number of alkyl halides is 2. The molecule has 1 saturated heterocycles. The highest BCUT2D eigenvalue weighted by molar-refractivity contribution is 6.13. The number of rotatable bonds is 13. The smallest absolute Gasteiger partial charge is 0.253 e. The fourth-order valence-electron chi connectivity index (χ4n) is 11.5. The highest BCUT2D eigenvalue weighted by Gasteiger charge is 2.80. The minimum atomic E-state index is -2.25. The summed E-state index contributed by atoms with van der Waals surface area (Å²) >= 11 is 0. The number of aliphatic hydroxyl groups is 2. The second-order valence-corrected chi connectivity index (χ2v) is 18.7. The molecule has 0 spiro atoms. The number of nitrogens with zero attached hydrogens (tertiary/aromatic N) is 1. The Morgan fingerprint density at radius 3 is 2.32 bits per heavy atom. The van der Waals surface area contributed by atoms with Crippen molar-refractivity contribution in [3.05, 3.63) is 113 Å². The zero-order valence-electron chi connectivity index (χ0n) is 36.6. The lowest BCUT2D eigenvalue weighted by Crippen LogP contribution is -2.70. The predicted molar refractivity (Wildman–Crippen MR) is 232 cm³/mol. The van der Waals surface area contributed by atoms with E-state index in [4.69, 9.17) is 9.47 Å². The number of aliphatic hydroxyl groups excluding tert-OH is 2. The summed E-state index contributed by atoms with van der Waals surface area (Å²) in [7, 11) is 0. The van der Waals surface area contributed by atoms with Gasteiger partial charge in [0.1, 0.15) is 24.9 Å². The third-order valence-corrected chi connectivity index (χ3v) is 14.9. The first kappa shape index (κ1) is 45.9. The van der Waals surface area contributed by atoms with Crippen LogP contribution in [0.4, 0.5) is 14.5 Å². The van der Waals surface area contributed by atoms with Crippen molar-refractivity contribution in [2.24, 2.45) is 22.7 Å². The lowest BCUT2D eigenvalue weighted by molar-refractivity contribution is -0.235. The van der Waals surface area contributed by atoms with Crippen LogP contribution < -0.4 is 16.0 Å². The molecule has 4 aliphatic carbocycles. The van der Waals surface area contributed by atoms with Gasteiger partial charge in [0.05, 0.1) is 12.2 Å². The molecular weight excluding hydrogens is 843 g/mol. The number of hydrogen-bond donors (Lipinski definition) is 5. The number of nitrogens with one attached hydrogen (secondary N) is 3. The Kier molecular flexibility index (Phi) is 12.0. The Hall–Kier alpha value is -5.68. The standard InChI is InChI=1S/C49H54F2N4O10/c1-26-15-17-46(4)35(19-26)36(50)22-34-33-23-39-49(38(58)25-56,47(33,5)24-37(57)48(34,46)51)65-45(64-39)31-11-9-29(10-12-31)20-30-7-6-8-32(21-30)54-44(63)28(3)53-43(62)27(2)52-40(59)16-18-55-41(60)13-14-42(55)61/h6-15,17,19,21,27-28,33-34,36-37,39,45,56-57H,1,16,18,20,22-25H2,2-5H3,(H,52,59)(H,53,62)(H,54,63)/t27-,28-,33-,34-,36-,37-,39+,45+,46-,47-,48-,49+/m0/s1. The normalized spacial score (nSPS) is 34.2. The molecule has 5 amide bonds. The molecule has 6 aliphatic rings. The van der Waals surface area contributed by atoms with Crippen LogP contribution >= 0.6 is 0 Å². The van der Waals surface area contributed by atoms with E-state index in [-0.39, 0.29) is 37.8 Å². The molecule has 12 atom stereocenters. The first-order valence-corrected chi connectivity index (χ1v) is 22.0. The van der Waals surface area contributed by atoms with Crippen molar-refractivity contribution in [2.75, 3.05) is 18.5 Å². The quantitative estimate of drug-likeness (QED) is 0.182. The van der Waals surface area contributed by atoms with Crippen molar-refractivity contribution in [1.82, 2.24) is 15.5 Å². The van der Waals surface area contributed by atoms with Crippen molar-refractivity contribution in [2.45, 2.75) is 108 Å². The van der Waals surface area contributed by atoms with E-state index in [1.807, 2.05) is 18.2 Å². The molecule has 2 aliphatic heterocycles. The van der Waals surface area contributed by atoms with Crippen molar-refractivity contribution in [1.29, 1.82) is 0 Å². The lowest BCUT2D eigenvalue weighted by atomic mass is 9.44. The van der Waals surface area contributed by atoms with Crippen LogP contribution in [0.2, 0.25) is 0 Å². The van der Waals surface area contributed by atoms with Gasteiger partial charge in [0.25, 0.3) is 11.8 Å². The molecule has 5 N–H and O–H groups in total. The van der Waals surface area contributed by atoms with E-state index in [1.54, 1.807) is 62.4 Å². The Morgan fingerprint density at radius 1 is 0.938 bits per heavy atom. The first-order valence-electron chi connectivity index (χ1n) is 22.0. The average molecular weight is 897 g/mol. The highest BCUT2D eigenvalue weighted by atomic mass is 19.1. The van der Waals surface area contributed by atoms with Crippen molar-refractivity contribution >= 4 is 41.0 Å². The summed E-state index contributed by atoms with van der Waals surface area (Å²) in [6.45, 7) is 9.25. The number of halogens is 2. The monoisotopic (exact) mass is 896 g/mol. The maximum Gasteiger partial charge on any atom is 0.253 e. The van der Waals surface area contributed by atoms with E-state index in [0.717, 1.165) is 28.2 Å². The van der Waals surface area contributed by atoms with E-state index in [2.05, 4.69) is 22.5 Å². The number of fused-ring (bicyclic) bond motifs is 7. The lowest BCUT2D eigenvalue weighted by Gasteiger charge is -2.63. The van der Waals surface area contributed by atoms with Gasteiger partial charge in [-0.25, -0.2) is 8.78 Å². The molecule has 2 aromatic carbocycles. The molecule has 0 bridgehead atoms. The summed E-state index contributed by atoms with van der Waals surface area (Å²) in [4.78, 5) is 76.5. The van der Waals surface area contributed by atoms with E-state index in [1.165, 1.54) is 13.8 Å². The van der Waals surface area contributed by atoms with E-state index in [9.17, 15) is 39.0 Å². The van der Waals surface area contributed by atoms with Crippen molar-refractivity contribution < 1.29 is 57.2 Å². The number of imide groups is 1. The molecule has 14 nitrogen and oxygen atoms in total. The van der Waals surface area contributed by atoms with Gasteiger partial charge in [0.15, 0.2) is 23.3 Å². The second-order valence-electron chi connectivity index (χ2n) is 18.7. The van der Waals surface area contributed by atoms with Crippen LogP contribution in [0.25, 0.3) is 0 Å². The predicted octanol–water partition coefficient (Wildman–Crippen LogP) is 4.17. The molecule has 0 radical (unpaired) electrons. The minimum absolute atomic E-state index is 0.132. The Labute approximate surface area is 375 Å². The summed E-state index contributed by atoms with van der Waals surface area (Å²) in [6, 6.07) is 12.5. The number of Topliss-reactive ketones (excluding diaryl/α,β-unsaturated/α-hetero) is 1. The topological polar surface area (TPSA) is 201 Å². The average Bonchev–Trinajstić information content (AvgIpc) is 3.89. The second kappa shape index (κ2) is 17.0. The van der Waals surface area contributed by atoms with Crippen LogP contribution in [0.5, 0.6) is 0 Å². The number of anilines is 1. The van der Waals surface area contributed by atoms with Gasteiger partial charge in [-0.15, -0.1) is 0 Å². The van der Waals surface area contributed by atoms with Gasteiger partial charge < -0.3 is 35.6 Å². The number of amides is 5. The van der Waals surface area contributed by atoms with Crippen LogP contribution in [0.3, 0.4) is 0 Å². The third kappa shape index (κ3) is 7.57. The minimum Gasteiger partial charge on any atom is -0.390 e. The fraction of sp³-hybridized carbons (Fsp3) is 0.469. The van der Waals surface area contributed by atoms with Crippen molar-refractivity contribution in [3.63, 3.8) is 0 Å². The molecule has 8 rings (SSSR count). The molecule has 4 fully saturated rings. The van der Waals surface area contributed by atoms with Gasteiger partial charge in [-0.05, 0) is 86.8 Å². The van der Waals surface area contributed by atoms with Gasteiger partial charge in [-0.3, -0.25) is 33.7 Å². The molecule has 344 valence electrons. The zero-order valence-corrected chi connectivity index (χ0v) is 36.6. The Morgan fingerprint density at radius 2 is 1.63 bits per heavy atom. The number of carbonyl (C=O) groups excluding carboxylic acids is 6. The van der Waals surface area contributed by atoms with Crippen LogP contribution in [-0.4, -0.2) is 105 Å². The van der Waals surface area contributed by atoms with Gasteiger partial charge in [0, 0.05) is 53.1 Å². The molecule has 0 aromatic heterocycles. The number of ketones is 1. The molecule has 2 heterocycles. The molecule has 0 unspecified atom stereocenters. The fourth-order valence-corrected chi connectivity index (χ4v) is 11.5. The van der Waals surface area contributed by atoms with Gasteiger partial charge in [-0.1, -0.05) is 68.1 Å². The van der Waals surface area contributed by atoms with Crippen molar-refractivity contribution in [3.8, 4) is 0 Å². The number of hydrogen-bond acceptors (Lipinski definition) is 10. The summed E-state index contributed by atoms with van der Waals surface area (Å²) in [5.41, 5.74) is -2.98. The number of carbonyl (C=O) groups is 6. The maximum absolute atomic E-state index is 17.8. The highest BCUT2D eigenvalue weighted by Crippen LogP contribution is 2.72. The number of allylic oxidation sites excluding steroid dienone is 5. The van der Waals surface area contributed by atoms with Crippen LogP contribution in [0.15, 0.2) is 96.6 Å². The largest absolute Gasteiger partial charge is 0.390 e. The van der Waals surface area contributed by atoms with E-state index < -0.39 is 113 Å². The first-order chi connectivity index (χ1) is 30.7.